The second-order valence-electron chi connectivity index (χ2n) is 6.91. The van der Waals surface area contributed by atoms with Gasteiger partial charge in [0.05, 0.1) is 5.56 Å². The Morgan fingerprint density at radius 3 is 2.75 bits per heavy atom. The quantitative estimate of drug-likeness (QED) is 0.908. The fourth-order valence-electron chi connectivity index (χ4n) is 3.51. The molecule has 2 heterocycles. The fourth-order valence-corrected chi connectivity index (χ4v) is 3.51. The highest BCUT2D eigenvalue weighted by molar-refractivity contribution is 5.96. The lowest BCUT2D eigenvalue weighted by molar-refractivity contribution is 0.0913. The van der Waals surface area contributed by atoms with Crippen LogP contribution in [0.2, 0.25) is 0 Å². The molecule has 2 atom stereocenters. The predicted octanol–water partition coefficient (Wildman–Crippen LogP) is 2.88. The highest BCUT2D eigenvalue weighted by Crippen LogP contribution is 2.18. The van der Waals surface area contributed by atoms with E-state index in [0.717, 1.165) is 43.0 Å². The normalized spacial score (nSPS) is 20.8. The zero-order chi connectivity index (χ0) is 17.1. The summed E-state index contributed by atoms with van der Waals surface area (Å²) in [4.78, 5) is 12.8. The van der Waals surface area contributed by atoms with Crippen molar-refractivity contribution in [3.05, 3.63) is 58.9 Å². The van der Waals surface area contributed by atoms with Crippen LogP contribution in [-0.2, 0) is 6.54 Å². The molecule has 2 N–H and O–H groups in total. The van der Waals surface area contributed by atoms with Gasteiger partial charge < -0.3 is 15.2 Å². The summed E-state index contributed by atoms with van der Waals surface area (Å²) in [5, 5.41) is 6.61. The zero-order valence-corrected chi connectivity index (χ0v) is 14.8. The van der Waals surface area contributed by atoms with Gasteiger partial charge in [-0.1, -0.05) is 37.3 Å². The molecule has 1 aromatic carbocycles. The Morgan fingerprint density at radius 1 is 1.29 bits per heavy atom. The smallest absolute Gasteiger partial charge is 0.253 e. The Kier molecular flexibility index (Phi) is 5.05. The standard InChI is InChI=1S/C20H27N3O/c1-14-12-21-10-9-19(14)22-20(24)18-11-15(2)23(16(18)3)13-17-7-5-4-6-8-17/h4-8,11,14,19,21H,9-10,12-13H2,1-3H3,(H,22,24). The van der Waals surface area contributed by atoms with Crippen molar-refractivity contribution < 1.29 is 4.79 Å². The van der Waals surface area contributed by atoms with Crippen molar-refractivity contribution in [2.24, 2.45) is 5.92 Å². The van der Waals surface area contributed by atoms with Gasteiger partial charge in [-0.05, 0) is 50.9 Å². The largest absolute Gasteiger partial charge is 0.349 e. The van der Waals surface area contributed by atoms with Gasteiger partial charge in [0, 0.05) is 24.0 Å². The minimum absolute atomic E-state index is 0.0566. The molecule has 4 nitrogen and oxygen atoms in total. The molecule has 0 radical (unpaired) electrons. The second kappa shape index (κ2) is 7.22. The van der Waals surface area contributed by atoms with E-state index >= 15 is 0 Å². The van der Waals surface area contributed by atoms with E-state index in [0.29, 0.717) is 5.92 Å². The predicted molar refractivity (Wildman–Crippen MR) is 97.4 cm³/mol. The van der Waals surface area contributed by atoms with Crippen LogP contribution in [0.4, 0.5) is 0 Å². The van der Waals surface area contributed by atoms with E-state index in [2.05, 4.69) is 53.3 Å². The third kappa shape index (κ3) is 3.54. The van der Waals surface area contributed by atoms with E-state index < -0.39 is 0 Å². The van der Waals surface area contributed by atoms with Crippen LogP contribution in [0.3, 0.4) is 0 Å². The van der Waals surface area contributed by atoms with Gasteiger partial charge in [-0.2, -0.15) is 0 Å². The third-order valence-electron chi connectivity index (χ3n) is 5.10. The number of amides is 1. The fraction of sp³-hybridized carbons (Fsp3) is 0.450. The van der Waals surface area contributed by atoms with Crippen LogP contribution in [0, 0.1) is 19.8 Å². The second-order valence-corrected chi connectivity index (χ2v) is 6.91. The number of hydrogen-bond acceptors (Lipinski definition) is 2. The maximum absolute atomic E-state index is 12.8. The average Bonchev–Trinajstić information content (AvgIpc) is 2.86. The van der Waals surface area contributed by atoms with Gasteiger partial charge in [-0.15, -0.1) is 0 Å². The number of carbonyl (C=O) groups is 1. The molecule has 2 unspecified atom stereocenters. The van der Waals surface area contributed by atoms with E-state index in [1.54, 1.807) is 0 Å². The highest BCUT2D eigenvalue weighted by Gasteiger charge is 2.24. The summed E-state index contributed by atoms with van der Waals surface area (Å²) < 4.78 is 2.22. The molecule has 0 bridgehead atoms. The molecule has 1 amide bonds. The summed E-state index contributed by atoms with van der Waals surface area (Å²) in [6, 6.07) is 12.6. The number of nitrogens with one attached hydrogen (secondary N) is 2. The van der Waals surface area contributed by atoms with Gasteiger partial charge in [0.25, 0.3) is 5.91 Å². The summed E-state index contributed by atoms with van der Waals surface area (Å²) in [6.45, 7) is 9.04. The highest BCUT2D eigenvalue weighted by atomic mass is 16.1. The van der Waals surface area contributed by atoms with Crippen molar-refractivity contribution in [2.45, 2.75) is 39.8 Å². The van der Waals surface area contributed by atoms with Crippen LogP contribution >= 0.6 is 0 Å². The molecule has 24 heavy (non-hydrogen) atoms. The van der Waals surface area contributed by atoms with Crippen molar-refractivity contribution in [1.82, 2.24) is 15.2 Å². The molecule has 3 rings (SSSR count). The Balaban J connectivity index is 1.76. The SMILES string of the molecule is Cc1cc(C(=O)NC2CCNCC2C)c(C)n1Cc1ccccc1. The Hall–Kier alpha value is -2.07. The van der Waals surface area contributed by atoms with Gasteiger partial charge in [0.2, 0.25) is 0 Å². The van der Waals surface area contributed by atoms with Gasteiger partial charge in [0.1, 0.15) is 0 Å². The van der Waals surface area contributed by atoms with Crippen molar-refractivity contribution in [3.8, 4) is 0 Å². The number of piperidine rings is 1. The lowest BCUT2D eigenvalue weighted by Gasteiger charge is -2.30. The molecule has 4 heteroatoms. The zero-order valence-electron chi connectivity index (χ0n) is 14.8. The van der Waals surface area contributed by atoms with Crippen LogP contribution in [-0.4, -0.2) is 29.6 Å². The molecule has 1 aliphatic heterocycles. The number of nitrogens with zero attached hydrogens (tertiary/aromatic N) is 1. The van der Waals surface area contributed by atoms with Gasteiger partial charge in [0.15, 0.2) is 0 Å². The molecule has 0 saturated carbocycles. The summed E-state index contributed by atoms with van der Waals surface area (Å²) in [6.07, 6.45) is 0.996. The Bertz CT molecular complexity index is 705. The monoisotopic (exact) mass is 325 g/mol. The number of hydrogen-bond donors (Lipinski definition) is 2. The number of aryl methyl sites for hydroxylation is 1. The summed E-state index contributed by atoms with van der Waals surface area (Å²) in [5.74, 6) is 0.525. The minimum Gasteiger partial charge on any atom is -0.349 e. The van der Waals surface area contributed by atoms with Gasteiger partial charge in [-0.3, -0.25) is 4.79 Å². The van der Waals surface area contributed by atoms with Crippen molar-refractivity contribution in [1.29, 1.82) is 0 Å². The van der Waals surface area contributed by atoms with Crippen LogP contribution < -0.4 is 10.6 Å². The number of rotatable bonds is 4. The first-order valence-electron chi connectivity index (χ1n) is 8.78. The lowest BCUT2D eigenvalue weighted by atomic mass is 9.95. The molecule has 1 aliphatic rings. The number of aromatic nitrogens is 1. The third-order valence-corrected chi connectivity index (χ3v) is 5.10. The molecule has 1 saturated heterocycles. The first-order chi connectivity index (χ1) is 11.6. The van der Waals surface area contributed by atoms with Crippen molar-refractivity contribution >= 4 is 5.91 Å². The lowest BCUT2D eigenvalue weighted by Crippen LogP contribution is -2.48. The van der Waals surface area contributed by atoms with Gasteiger partial charge in [-0.25, -0.2) is 0 Å². The molecular weight excluding hydrogens is 298 g/mol. The molecule has 0 aliphatic carbocycles. The number of carbonyl (C=O) groups excluding carboxylic acids is 1. The van der Waals surface area contributed by atoms with E-state index in [1.165, 1.54) is 5.56 Å². The molecule has 128 valence electrons. The molecular formula is C20H27N3O. The van der Waals surface area contributed by atoms with E-state index in [1.807, 2.05) is 19.1 Å². The maximum Gasteiger partial charge on any atom is 0.253 e. The molecule has 1 aromatic heterocycles. The van der Waals surface area contributed by atoms with Crippen LogP contribution in [0.1, 0.15) is 40.7 Å². The first-order valence-corrected chi connectivity index (χ1v) is 8.78. The summed E-state index contributed by atoms with van der Waals surface area (Å²) in [7, 11) is 0. The van der Waals surface area contributed by atoms with Crippen LogP contribution in [0.25, 0.3) is 0 Å². The van der Waals surface area contributed by atoms with Gasteiger partial charge >= 0.3 is 0 Å². The van der Waals surface area contributed by atoms with E-state index in [9.17, 15) is 4.79 Å². The summed E-state index contributed by atoms with van der Waals surface area (Å²) >= 11 is 0. The molecule has 2 aromatic rings. The summed E-state index contributed by atoms with van der Waals surface area (Å²) in [5.41, 5.74) is 4.21. The molecule has 0 spiro atoms. The number of benzene rings is 1. The first kappa shape index (κ1) is 16.8. The van der Waals surface area contributed by atoms with Crippen molar-refractivity contribution in [2.75, 3.05) is 13.1 Å². The minimum atomic E-state index is 0.0566. The topological polar surface area (TPSA) is 46.1 Å². The Labute approximate surface area is 144 Å². The van der Waals surface area contributed by atoms with E-state index in [-0.39, 0.29) is 11.9 Å². The molecule has 1 fully saturated rings. The maximum atomic E-state index is 12.8. The van der Waals surface area contributed by atoms with Crippen molar-refractivity contribution in [3.63, 3.8) is 0 Å². The average molecular weight is 325 g/mol. The van der Waals surface area contributed by atoms with E-state index in [4.69, 9.17) is 0 Å². The van der Waals surface area contributed by atoms with Crippen LogP contribution in [0.5, 0.6) is 0 Å². The Morgan fingerprint density at radius 2 is 2.04 bits per heavy atom. The van der Waals surface area contributed by atoms with Crippen LogP contribution in [0.15, 0.2) is 36.4 Å².